The third-order valence-electron chi connectivity index (χ3n) is 2.79. The molecule has 0 fully saturated rings. The van der Waals surface area contributed by atoms with E-state index in [2.05, 4.69) is 0 Å². The molecule has 0 bridgehead atoms. The molecule has 0 atom stereocenters. The number of nitro groups is 1. The zero-order valence-corrected chi connectivity index (χ0v) is 11.3. The Balaban J connectivity index is 2.20. The Labute approximate surface area is 119 Å². The van der Waals surface area contributed by atoms with E-state index in [-0.39, 0.29) is 28.9 Å². The van der Waals surface area contributed by atoms with Gasteiger partial charge in [-0.05, 0) is 17.7 Å². The number of hydrogen-bond donors (Lipinski definition) is 0. The highest BCUT2D eigenvalue weighted by molar-refractivity contribution is 6.32. The van der Waals surface area contributed by atoms with Gasteiger partial charge < -0.3 is 9.32 Å². The number of hydrogen-bond acceptors (Lipinski definition) is 4. The van der Waals surface area contributed by atoms with E-state index >= 15 is 0 Å². The number of amides is 1. The number of nitrogens with zero attached hydrogens (tertiary/aromatic N) is 2. The van der Waals surface area contributed by atoms with Crippen molar-refractivity contribution in [2.45, 2.75) is 6.54 Å². The average molecular weight is 295 g/mol. The highest BCUT2D eigenvalue weighted by Crippen LogP contribution is 2.22. The first-order chi connectivity index (χ1) is 9.50. The van der Waals surface area contributed by atoms with E-state index < -0.39 is 4.92 Å². The Kier molecular flexibility index (Phi) is 4.05. The van der Waals surface area contributed by atoms with Crippen LogP contribution in [-0.4, -0.2) is 22.8 Å². The predicted octanol–water partition coefficient (Wildman–Crippen LogP) is 3.11. The van der Waals surface area contributed by atoms with E-state index in [0.29, 0.717) is 5.56 Å². The van der Waals surface area contributed by atoms with Crippen LogP contribution in [0.3, 0.4) is 0 Å². The summed E-state index contributed by atoms with van der Waals surface area (Å²) in [7, 11) is 1.54. The maximum absolute atomic E-state index is 12.1. The van der Waals surface area contributed by atoms with Gasteiger partial charge in [0, 0.05) is 18.7 Å². The highest BCUT2D eigenvalue weighted by atomic mass is 35.5. The van der Waals surface area contributed by atoms with Crippen LogP contribution in [0.4, 0.5) is 5.69 Å². The van der Waals surface area contributed by atoms with Crippen molar-refractivity contribution < 1.29 is 14.1 Å². The predicted molar refractivity (Wildman–Crippen MR) is 72.6 cm³/mol. The fraction of sp³-hybridized carbons (Fsp3) is 0.154. The smallest absolute Gasteiger partial charge is 0.274 e. The Morgan fingerprint density at radius 2 is 2.10 bits per heavy atom. The van der Waals surface area contributed by atoms with Crippen molar-refractivity contribution in [2.24, 2.45) is 0 Å². The number of rotatable bonds is 4. The van der Waals surface area contributed by atoms with Crippen molar-refractivity contribution in [2.75, 3.05) is 7.05 Å². The highest BCUT2D eigenvalue weighted by Gasteiger charge is 2.20. The van der Waals surface area contributed by atoms with Crippen LogP contribution in [0.15, 0.2) is 41.0 Å². The minimum atomic E-state index is -0.474. The van der Waals surface area contributed by atoms with E-state index in [9.17, 15) is 14.9 Å². The van der Waals surface area contributed by atoms with Gasteiger partial charge in [0.1, 0.15) is 0 Å². The molecule has 2 rings (SSSR count). The zero-order chi connectivity index (χ0) is 14.7. The molecule has 7 heteroatoms. The number of nitro benzene ring substituents is 1. The zero-order valence-electron chi connectivity index (χ0n) is 10.6. The Morgan fingerprint density at radius 1 is 1.40 bits per heavy atom. The summed E-state index contributed by atoms with van der Waals surface area (Å²) in [5.41, 5.74) is 0.658. The second kappa shape index (κ2) is 5.75. The van der Waals surface area contributed by atoms with E-state index in [1.807, 2.05) is 0 Å². The second-order valence-corrected chi connectivity index (χ2v) is 4.50. The van der Waals surface area contributed by atoms with Gasteiger partial charge in [0.15, 0.2) is 0 Å². The van der Waals surface area contributed by atoms with E-state index in [1.165, 1.54) is 23.3 Å². The number of furan rings is 1. The average Bonchev–Trinajstić information content (AvgIpc) is 2.84. The number of para-hydroxylation sites is 1. The molecule has 0 saturated heterocycles. The molecule has 20 heavy (non-hydrogen) atoms. The van der Waals surface area contributed by atoms with Crippen molar-refractivity contribution in [1.29, 1.82) is 0 Å². The van der Waals surface area contributed by atoms with Crippen molar-refractivity contribution >= 4 is 23.2 Å². The molecule has 0 N–H and O–H groups in total. The molecule has 1 aromatic carbocycles. The largest absolute Gasteiger partial charge is 0.452 e. The summed E-state index contributed by atoms with van der Waals surface area (Å²) in [6.45, 7) is 0.109. The minimum Gasteiger partial charge on any atom is -0.452 e. The van der Waals surface area contributed by atoms with Gasteiger partial charge in [-0.2, -0.15) is 0 Å². The number of carbonyl (C=O) groups is 1. The van der Waals surface area contributed by atoms with Crippen molar-refractivity contribution in [1.82, 2.24) is 4.90 Å². The molecule has 0 radical (unpaired) electrons. The molecule has 1 amide bonds. The normalized spacial score (nSPS) is 10.3. The molecular weight excluding hydrogens is 284 g/mol. The summed E-state index contributed by atoms with van der Waals surface area (Å²) in [4.78, 5) is 23.9. The molecule has 0 unspecified atom stereocenters. The molecule has 0 aliphatic rings. The lowest BCUT2D eigenvalue weighted by Crippen LogP contribution is -2.26. The van der Waals surface area contributed by atoms with Crippen LogP contribution >= 0.6 is 11.6 Å². The van der Waals surface area contributed by atoms with Gasteiger partial charge in [-0.3, -0.25) is 14.9 Å². The number of benzene rings is 1. The fourth-order valence-electron chi connectivity index (χ4n) is 1.80. The Morgan fingerprint density at radius 3 is 2.70 bits per heavy atom. The number of halogens is 1. The summed E-state index contributed by atoms with van der Waals surface area (Å²) in [5.74, 6) is -0.359. The van der Waals surface area contributed by atoms with Gasteiger partial charge in [-0.25, -0.2) is 0 Å². The van der Waals surface area contributed by atoms with Crippen LogP contribution in [0.1, 0.15) is 15.9 Å². The molecular formula is C13H11ClN2O4. The van der Waals surface area contributed by atoms with Crippen LogP contribution in [0, 0.1) is 10.1 Å². The standard InChI is InChI=1S/C13H11ClN2O4/c1-15(13(17)10-6-7-20-12(10)14)8-9-4-2-3-5-11(9)16(18)19/h2-7H,8H2,1H3. The minimum absolute atomic E-state index is 0.00408. The van der Waals surface area contributed by atoms with Crippen LogP contribution in [0.25, 0.3) is 0 Å². The lowest BCUT2D eigenvalue weighted by atomic mass is 10.1. The van der Waals surface area contributed by atoms with Gasteiger partial charge in [-0.15, -0.1) is 0 Å². The van der Waals surface area contributed by atoms with E-state index in [0.717, 1.165) is 0 Å². The monoisotopic (exact) mass is 294 g/mol. The molecule has 0 aliphatic carbocycles. The van der Waals surface area contributed by atoms with Gasteiger partial charge >= 0.3 is 0 Å². The molecule has 104 valence electrons. The van der Waals surface area contributed by atoms with Gasteiger partial charge in [0.05, 0.1) is 23.3 Å². The SMILES string of the molecule is CN(Cc1ccccc1[N+](=O)[O-])C(=O)c1ccoc1Cl. The van der Waals surface area contributed by atoms with Crippen LogP contribution in [0.5, 0.6) is 0 Å². The molecule has 0 spiro atoms. The lowest BCUT2D eigenvalue weighted by molar-refractivity contribution is -0.385. The summed E-state index contributed by atoms with van der Waals surface area (Å²) >= 11 is 5.74. The third kappa shape index (κ3) is 2.80. The summed E-state index contributed by atoms with van der Waals surface area (Å²) in [5, 5.41) is 10.9. The molecule has 1 aromatic heterocycles. The summed E-state index contributed by atoms with van der Waals surface area (Å²) in [6.07, 6.45) is 1.31. The van der Waals surface area contributed by atoms with E-state index in [4.69, 9.17) is 16.0 Å². The van der Waals surface area contributed by atoms with Crippen molar-refractivity contribution in [3.63, 3.8) is 0 Å². The van der Waals surface area contributed by atoms with E-state index in [1.54, 1.807) is 25.2 Å². The molecule has 2 aromatic rings. The first-order valence-electron chi connectivity index (χ1n) is 5.71. The molecule has 1 heterocycles. The van der Waals surface area contributed by atoms with Crippen LogP contribution in [0.2, 0.25) is 5.22 Å². The maximum atomic E-state index is 12.1. The molecule has 0 aliphatic heterocycles. The van der Waals surface area contributed by atoms with Gasteiger partial charge in [-0.1, -0.05) is 18.2 Å². The summed E-state index contributed by atoms with van der Waals surface area (Å²) in [6, 6.07) is 7.74. The first kappa shape index (κ1) is 14.1. The maximum Gasteiger partial charge on any atom is 0.274 e. The quantitative estimate of drug-likeness (QED) is 0.641. The van der Waals surface area contributed by atoms with Crippen LogP contribution in [-0.2, 0) is 6.54 Å². The lowest BCUT2D eigenvalue weighted by Gasteiger charge is -2.16. The van der Waals surface area contributed by atoms with Gasteiger partial charge in [0.2, 0.25) is 5.22 Å². The van der Waals surface area contributed by atoms with Crippen molar-refractivity contribution in [3.8, 4) is 0 Å². The third-order valence-corrected chi connectivity index (χ3v) is 3.08. The second-order valence-electron chi connectivity index (χ2n) is 4.16. The Hall–Kier alpha value is -2.34. The van der Waals surface area contributed by atoms with Crippen molar-refractivity contribution in [3.05, 3.63) is 63.1 Å². The number of carbonyl (C=O) groups excluding carboxylic acids is 1. The first-order valence-corrected chi connectivity index (χ1v) is 6.09. The van der Waals surface area contributed by atoms with Gasteiger partial charge in [0.25, 0.3) is 11.6 Å². The topological polar surface area (TPSA) is 76.6 Å². The Bertz CT molecular complexity index is 653. The van der Waals surface area contributed by atoms with Crippen LogP contribution < -0.4 is 0 Å². The summed E-state index contributed by atoms with van der Waals surface area (Å²) < 4.78 is 4.86. The fourth-order valence-corrected chi connectivity index (χ4v) is 2.00. The molecule has 6 nitrogen and oxygen atoms in total. The molecule has 0 saturated carbocycles.